The lowest BCUT2D eigenvalue weighted by Gasteiger charge is -2.14. The number of benzene rings is 1. The van der Waals surface area contributed by atoms with E-state index in [9.17, 15) is 4.79 Å². The minimum Gasteiger partial charge on any atom is -0.373 e. The minimum absolute atomic E-state index is 0.0815. The van der Waals surface area contributed by atoms with E-state index < -0.39 is 0 Å². The van der Waals surface area contributed by atoms with Crippen molar-refractivity contribution in [3.05, 3.63) is 35.4 Å². The number of ether oxygens (including phenoxy) is 1. The molecule has 0 amide bonds. The number of hydrogen-bond donors (Lipinski definition) is 0. The van der Waals surface area contributed by atoms with E-state index in [-0.39, 0.29) is 12.4 Å². The molecule has 2 nitrogen and oxygen atoms in total. The summed E-state index contributed by atoms with van der Waals surface area (Å²) in [5, 5.41) is 0. The number of aryl methyl sites for hydroxylation is 1. The predicted octanol–water partition coefficient (Wildman–Crippen LogP) is 4.66. The molecule has 112 valence electrons. The van der Waals surface area contributed by atoms with Crippen LogP contribution in [0.2, 0.25) is 0 Å². The van der Waals surface area contributed by atoms with Gasteiger partial charge < -0.3 is 4.74 Å². The molecule has 0 N–H and O–H groups in total. The van der Waals surface area contributed by atoms with Crippen LogP contribution in [0.15, 0.2) is 24.3 Å². The molecule has 0 radical (unpaired) electrons. The second-order valence-electron chi connectivity index (χ2n) is 5.41. The first kappa shape index (κ1) is 16.9. The van der Waals surface area contributed by atoms with Gasteiger partial charge >= 0.3 is 0 Å². The second kappa shape index (κ2) is 9.71. The number of unbranched alkanes of at least 4 members (excludes halogenated alkanes) is 1. The Labute approximate surface area is 123 Å². The van der Waals surface area contributed by atoms with Gasteiger partial charge in [-0.2, -0.15) is 0 Å². The van der Waals surface area contributed by atoms with Gasteiger partial charge in [-0.25, -0.2) is 0 Å². The predicted molar refractivity (Wildman–Crippen MR) is 84.3 cm³/mol. The van der Waals surface area contributed by atoms with Crippen molar-refractivity contribution in [2.45, 2.75) is 52.9 Å². The standard InChI is InChI=1S/C18H28O2/c1-4-7-8-16(6-3)13-20-14-18(19)17-11-9-15(5-2)10-12-17/h9-12,16H,4-8,13-14H2,1-3H3. The van der Waals surface area contributed by atoms with E-state index in [2.05, 4.69) is 20.8 Å². The molecule has 1 unspecified atom stereocenters. The molecule has 0 bridgehead atoms. The first-order valence-corrected chi connectivity index (χ1v) is 7.91. The fourth-order valence-electron chi connectivity index (χ4n) is 2.23. The maximum atomic E-state index is 12.0. The Kier molecular flexibility index (Phi) is 8.20. The Bertz CT molecular complexity index is 381. The van der Waals surface area contributed by atoms with Crippen LogP contribution >= 0.6 is 0 Å². The lowest BCUT2D eigenvalue weighted by Crippen LogP contribution is -2.15. The van der Waals surface area contributed by atoms with Crippen molar-refractivity contribution < 1.29 is 9.53 Å². The van der Waals surface area contributed by atoms with E-state index in [4.69, 9.17) is 4.74 Å². The molecular weight excluding hydrogens is 248 g/mol. The highest BCUT2D eigenvalue weighted by Gasteiger charge is 2.09. The van der Waals surface area contributed by atoms with Crippen LogP contribution in [0.3, 0.4) is 0 Å². The Hall–Kier alpha value is -1.15. The highest BCUT2D eigenvalue weighted by atomic mass is 16.5. The van der Waals surface area contributed by atoms with E-state index in [1.165, 1.54) is 24.8 Å². The fourth-order valence-corrected chi connectivity index (χ4v) is 2.23. The van der Waals surface area contributed by atoms with Gasteiger partial charge in [0.25, 0.3) is 0 Å². The van der Waals surface area contributed by atoms with Gasteiger partial charge in [0.2, 0.25) is 0 Å². The molecule has 0 fully saturated rings. The molecule has 2 heteroatoms. The van der Waals surface area contributed by atoms with Crippen LogP contribution in [0.25, 0.3) is 0 Å². The number of ketones is 1. The van der Waals surface area contributed by atoms with E-state index in [0.717, 1.165) is 18.4 Å². The normalized spacial score (nSPS) is 12.3. The molecule has 0 aromatic heterocycles. The summed E-state index contributed by atoms with van der Waals surface area (Å²) in [6, 6.07) is 7.84. The van der Waals surface area contributed by atoms with E-state index in [1.807, 2.05) is 24.3 Å². The zero-order valence-electron chi connectivity index (χ0n) is 13.2. The van der Waals surface area contributed by atoms with Crippen LogP contribution in [0, 0.1) is 5.92 Å². The highest BCUT2D eigenvalue weighted by molar-refractivity contribution is 5.97. The summed E-state index contributed by atoms with van der Waals surface area (Å²) in [5.41, 5.74) is 2.01. The van der Waals surface area contributed by atoms with E-state index in [1.54, 1.807) is 0 Å². The molecule has 0 spiro atoms. The number of Topliss-reactive ketones (excluding diaryl/α,β-unsaturated/α-hetero) is 1. The lowest BCUT2D eigenvalue weighted by molar-refractivity contribution is 0.0658. The van der Waals surface area contributed by atoms with Crippen LogP contribution in [-0.4, -0.2) is 19.0 Å². The number of carbonyl (C=O) groups is 1. The van der Waals surface area contributed by atoms with Crippen molar-refractivity contribution in [2.75, 3.05) is 13.2 Å². The van der Waals surface area contributed by atoms with Crippen LogP contribution in [0.1, 0.15) is 62.4 Å². The minimum atomic E-state index is 0.0815. The SMILES string of the molecule is CCCCC(CC)COCC(=O)c1ccc(CC)cc1. The Morgan fingerprint density at radius 2 is 1.85 bits per heavy atom. The molecule has 20 heavy (non-hydrogen) atoms. The summed E-state index contributed by atoms with van der Waals surface area (Å²) in [5.74, 6) is 0.670. The third-order valence-electron chi connectivity index (χ3n) is 3.81. The molecule has 1 aromatic carbocycles. The Morgan fingerprint density at radius 3 is 2.40 bits per heavy atom. The van der Waals surface area contributed by atoms with Crippen molar-refractivity contribution >= 4 is 5.78 Å². The van der Waals surface area contributed by atoms with Gasteiger partial charge in [-0.3, -0.25) is 4.79 Å². The molecule has 0 aliphatic heterocycles. The van der Waals surface area contributed by atoms with Crippen molar-refractivity contribution in [2.24, 2.45) is 5.92 Å². The molecule has 1 rings (SSSR count). The Morgan fingerprint density at radius 1 is 1.15 bits per heavy atom. The molecule has 1 atom stereocenters. The fraction of sp³-hybridized carbons (Fsp3) is 0.611. The summed E-state index contributed by atoms with van der Waals surface area (Å²) in [4.78, 5) is 12.0. The molecule has 0 aliphatic rings. The van der Waals surface area contributed by atoms with E-state index >= 15 is 0 Å². The third-order valence-corrected chi connectivity index (χ3v) is 3.81. The lowest BCUT2D eigenvalue weighted by atomic mass is 10.0. The summed E-state index contributed by atoms with van der Waals surface area (Å²) < 4.78 is 5.61. The quantitative estimate of drug-likeness (QED) is 0.581. The first-order chi connectivity index (χ1) is 9.71. The van der Waals surface area contributed by atoms with Gasteiger partial charge in [0, 0.05) is 12.2 Å². The van der Waals surface area contributed by atoms with Gasteiger partial charge in [-0.05, 0) is 24.3 Å². The monoisotopic (exact) mass is 276 g/mol. The zero-order valence-corrected chi connectivity index (χ0v) is 13.2. The molecule has 0 saturated heterocycles. The van der Waals surface area contributed by atoms with E-state index in [0.29, 0.717) is 12.5 Å². The molecule has 0 heterocycles. The van der Waals surface area contributed by atoms with Crippen LogP contribution < -0.4 is 0 Å². The second-order valence-corrected chi connectivity index (χ2v) is 5.41. The van der Waals surface area contributed by atoms with Crippen molar-refractivity contribution in [1.82, 2.24) is 0 Å². The van der Waals surface area contributed by atoms with Crippen molar-refractivity contribution in [3.63, 3.8) is 0 Å². The number of rotatable bonds is 10. The summed E-state index contributed by atoms with van der Waals surface area (Å²) in [6.45, 7) is 7.41. The number of carbonyl (C=O) groups excluding carboxylic acids is 1. The topological polar surface area (TPSA) is 26.3 Å². The van der Waals surface area contributed by atoms with Gasteiger partial charge in [0.15, 0.2) is 5.78 Å². The van der Waals surface area contributed by atoms with Gasteiger partial charge in [-0.1, -0.05) is 64.3 Å². The molecule has 1 aromatic rings. The van der Waals surface area contributed by atoms with Crippen molar-refractivity contribution in [1.29, 1.82) is 0 Å². The molecule has 0 saturated carbocycles. The smallest absolute Gasteiger partial charge is 0.188 e. The zero-order chi connectivity index (χ0) is 14.8. The van der Waals surface area contributed by atoms with Crippen LogP contribution in [0.5, 0.6) is 0 Å². The third kappa shape index (κ3) is 5.87. The highest BCUT2D eigenvalue weighted by Crippen LogP contribution is 2.13. The number of hydrogen-bond acceptors (Lipinski definition) is 2. The van der Waals surface area contributed by atoms with Crippen LogP contribution in [-0.2, 0) is 11.2 Å². The van der Waals surface area contributed by atoms with Gasteiger partial charge in [0.1, 0.15) is 6.61 Å². The summed E-state index contributed by atoms with van der Waals surface area (Å²) >= 11 is 0. The summed E-state index contributed by atoms with van der Waals surface area (Å²) in [7, 11) is 0. The average molecular weight is 276 g/mol. The molecule has 0 aliphatic carbocycles. The maximum Gasteiger partial charge on any atom is 0.188 e. The van der Waals surface area contributed by atoms with Crippen molar-refractivity contribution in [3.8, 4) is 0 Å². The first-order valence-electron chi connectivity index (χ1n) is 7.91. The van der Waals surface area contributed by atoms with Gasteiger partial charge in [0.05, 0.1) is 0 Å². The summed E-state index contributed by atoms with van der Waals surface area (Å²) in [6.07, 6.45) is 5.79. The average Bonchev–Trinajstić information content (AvgIpc) is 2.50. The van der Waals surface area contributed by atoms with Gasteiger partial charge in [-0.15, -0.1) is 0 Å². The maximum absolute atomic E-state index is 12.0. The van der Waals surface area contributed by atoms with Crippen LogP contribution in [0.4, 0.5) is 0 Å². The largest absolute Gasteiger partial charge is 0.373 e. The Balaban J connectivity index is 2.34. The molecular formula is C18H28O2.